The number of ether oxygens (including phenoxy) is 3. The van der Waals surface area contributed by atoms with E-state index in [1.807, 2.05) is 54.6 Å². The molecule has 0 saturated carbocycles. The number of methoxy groups -OCH3 is 3. The van der Waals surface area contributed by atoms with Crippen molar-refractivity contribution in [3.05, 3.63) is 94.9 Å². The van der Waals surface area contributed by atoms with E-state index in [0.29, 0.717) is 33.4 Å². The third kappa shape index (κ3) is 5.67. The molecule has 0 fully saturated rings. The highest BCUT2D eigenvalue weighted by Crippen LogP contribution is 2.30. The van der Waals surface area contributed by atoms with Crippen LogP contribution < -0.4 is 25.1 Å². The number of anilines is 1. The zero-order chi connectivity index (χ0) is 28.1. The summed E-state index contributed by atoms with van der Waals surface area (Å²) in [5.74, 6) is 1.58. The lowest BCUT2D eigenvalue weighted by atomic mass is 10.1. The average Bonchev–Trinajstić information content (AvgIpc) is 3.43. The molecule has 2 heterocycles. The number of hydrogen-bond acceptors (Lipinski definition) is 7. The molecule has 0 aliphatic carbocycles. The molecule has 0 unspecified atom stereocenters. The fraction of sp³-hybridized carbons (Fsp3) is 0.167. The van der Waals surface area contributed by atoms with Crippen molar-refractivity contribution >= 4 is 34.4 Å². The van der Waals surface area contributed by atoms with Crippen LogP contribution in [0.1, 0.15) is 5.56 Å². The molecular formula is C30H28N4O5S. The van der Waals surface area contributed by atoms with Crippen LogP contribution in [0.2, 0.25) is 0 Å². The van der Waals surface area contributed by atoms with Crippen LogP contribution >= 0.6 is 11.8 Å². The van der Waals surface area contributed by atoms with Crippen molar-refractivity contribution in [3.63, 3.8) is 0 Å². The van der Waals surface area contributed by atoms with Crippen molar-refractivity contribution in [2.24, 2.45) is 0 Å². The summed E-state index contributed by atoms with van der Waals surface area (Å²) >= 11 is 1.19. The number of rotatable bonds is 10. The minimum absolute atomic E-state index is 0.0286. The van der Waals surface area contributed by atoms with Crippen LogP contribution in [0.3, 0.4) is 0 Å². The predicted octanol–water partition coefficient (Wildman–Crippen LogP) is 5.20. The maximum atomic E-state index is 13.7. The number of carbonyl (C=O) groups is 1. The lowest BCUT2D eigenvalue weighted by Crippen LogP contribution is -2.25. The number of hydrogen-bond donors (Lipinski definition) is 2. The van der Waals surface area contributed by atoms with Gasteiger partial charge in [-0.15, -0.1) is 0 Å². The smallest absolute Gasteiger partial charge is 0.278 e. The summed E-state index contributed by atoms with van der Waals surface area (Å²) in [6.45, 7) is 0.279. The summed E-state index contributed by atoms with van der Waals surface area (Å²) < 4.78 is 17.5. The molecule has 0 radical (unpaired) electrons. The number of aromatic nitrogens is 3. The highest BCUT2D eigenvalue weighted by molar-refractivity contribution is 7.99. The van der Waals surface area contributed by atoms with Crippen LogP contribution in [0, 0.1) is 0 Å². The van der Waals surface area contributed by atoms with Crippen molar-refractivity contribution in [1.82, 2.24) is 14.5 Å². The van der Waals surface area contributed by atoms with E-state index in [9.17, 15) is 9.59 Å². The zero-order valence-electron chi connectivity index (χ0n) is 22.3. The number of aromatic amines is 1. The van der Waals surface area contributed by atoms with Crippen molar-refractivity contribution in [3.8, 4) is 28.4 Å². The molecule has 3 aromatic carbocycles. The first-order valence-electron chi connectivity index (χ1n) is 12.5. The van der Waals surface area contributed by atoms with Crippen LogP contribution in [-0.2, 0) is 11.3 Å². The molecular weight excluding hydrogens is 528 g/mol. The molecule has 40 heavy (non-hydrogen) atoms. The van der Waals surface area contributed by atoms with Gasteiger partial charge in [0, 0.05) is 17.8 Å². The van der Waals surface area contributed by atoms with Gasteiger partial charge in [-0.05, 0) is 35.4 Å². The van der Waals surface area contributed by atoms with E-state index in [1.54, 1.807) is 43.2 Å². The van der Waals surface area contributed by atoms with Gasteiger partial charge in [0.1, 0.15) is 28.3 Å². The molecule has 2 aromatic heterocycles. The van der Waals surface area contributed by atoms with Crippen LogP contribution in [0.4, 0.5) is 5.69 Å². The number of nitrogens with one attached hydrogen (secondary N) is 2. The number of benzene rings is 3. The van der Waals surface area contributed by atoms with Crippen molar-refractivity contribution in [1.29, 1.82) is 0 Å². The molecule has 0 bridgehead atoms. The van der Waals surface area contributed by atoms with E-state index in [-0.39, 0.29) is 23.8 Å². The standard InChI is InChI=1S/C30H28N4O5S/c1-37-21-11-9-19(10-12-21)17-34-29(36)28-27(23(16-31-28)20-7-5-4-6-8-20)33-30(34)40-18-26(35)32-24-14-13-22(38-2)15-25(24)39-3/h4-16,31H,17-18H2,1-3H3,(H,32,35). The topological polar surface area (TPSA) is 107 Å². The molecule has 204 valence electrons. The number of fused-ring (bicyclic) bond motifs is 1. The molecule has 5 aromatic rings. The van der Waals surface area contributed by atoms with E-state index in [2.05, 4.69) is 10.3 Å². The lowest BCUT2D eigenvalue weighted by Gasteiger charge is -2.14. The van der Waals surface area contributed by atoms with Gasteiger partial charge < -0.3 is 24.5 Å². The number of thioether (sulfide) groups is 1. The molecule has 10 heteroatoms. The normalized spacial score (nSPS) is 10.9. The van der Waals surface area contributed by atoms with Gasteiger partial charge in [-0.1, -0.05) is 54.2 Å². The first-order valence-corrected chi connectivity index (χ1v) is 13.4. The zero-order valence-corrected chi connectivity index (χ0v) is 23.1. The van der Waals surface area contributed by atoms with Gasteiger partial charge in [-0.25, -0.2) is 4.98 Å². The van der Waals surface area contributed by atoms with Crippen LogP contribution in [0.15, 0.2) is 88.9 Å². The van der Waals surface area contributed by atoms with E-state index in [4.69, 9.17) is 19.2 Å². The lowest BCUT2D eigenvalue weighted by molar-refractivity contribution is -0.113. The Morgan fingerprint density at radius 1 is 0.950 bits per heavy atom. The highest BCUT2D eigenvalue weighted by Gasteiger charge is 2.19. The molecule has 9 nitrogen and oxygen atoms in total. The Morgan fingerprint density at radius 3 is 2.38 bits per heavy atom. The Morgan fingerprint density at radius 2 is 1.68 bits per heavy atom. The monoisotopic (exact) mass is 556 g/mol. The number of amides is 1. The van der Waals surface area contributed by atoms with Crippen molar-refractivity contribution < 1.29 is 19.0 Å². The fourth-order valence-electron chi connectivity index (χ4n) is 4.29. The van der Waals surface area contributed by atoms with E-state index in [1.165, 1.54) is 18.9 Å². The largest absolute Gasteiger partial charge is 0.497 e. The molecule has 0 saturated heterocycles. The Labute approximate surface area is 235 Å². The second kappa shape index (κ2) is 12.0. The van der Waals surface area contributed by atoms with E-state index in [0.717, 1.165) is 22.4 Å². The Bertz CT molecular complexity index is 1700. The van der Waals surface area contributed by atoms with Gasteiger partial charge >= 0.3 is 0 Å². The predicted molar refractivity (Wildman–Crippen MR) is 157 cm³/mol. The summed E-state index contributed by atoms with van der Waals surface area (Å²) in [6, 6.07) is 22.4. The van der Waals surface area contributed by atoms with Gasteiger partial charge in [-0.3, -0.25) is 14.2 Å². The van der Waals surface area contributed by atoms with Gasteiger partial charge in [0.2, 0.25) is 5.91 Å². The summed E-state index contributed by atoms with van der Waals surface area (Å²) in [6.07, 6.45) is 1.79. The fourth-order valence-corrected chi connectivity index (χ4v) is 5.08. The molecule has 5 rings (SSSR count). The molecule has 2 N–H and O–H groups in total. The average molecular weight is 557 g/mol. The molecule has 0 atom stereocenters. The minimum Gasteiger partial charge on any atom is -0.497 e. The Hall–Kier alpha value is -4.70. The van der Waals surface area contributed by atoms with Crippen molar-refractivity contribution in [2.75, 3.05) is 32.4 Å². The summed E-state index contributed by atoms with van der Waals surface area (Å²) in [4.78, 5) is 34.7. The number of carbonyl (C=O) groups excluding carboxylic acids is 1. The minimum atomic E-state index is -0.267. The number of nitrogens with zero attached hydrogens (tertiary/aromatic N) is 2. The second-order valence-electron chi connectivity index (χ2n) is 8.83. The van der Waals surface area contributed by atoms with Crippen LogP contribution in [0.25, 0.3) is 22.2 Å². The van der Waals surface area contributed by atoms with E-state index >= 15 is 0 Å². The third-order valence-corrected chi connectivity index (χ3v) is 7.33. The van der Waals surface area contributed by atoms with Crippen LogP contribution in [-0.4, -0.2) is 47.5 Å². The number of H-pyrrole nitrogens is 1. The Balaban J connectivity index is 1.48. The molecule has 0 aliphatic rings. The van der Waals surface area contributed by atoms with Crippen molar-refractivity contribution in [2.45, 2.75) is 11.7 Å². The maximum absolute atomic E-state index is 13.7. The second-order valence-corrected chi connectivity index (χ2v) is 9.77. The molecule has 0 aliphatic heterocycles. The first-order chi connectivity index (χ1) is 19.5. The summed E-state index contributed by atoms with van der Waals surface area (Å²) in [7, 11) is 4.69. The van der Waals surface area contributed by atoms with Gasteiger partial charge in [0.15, 0.2) is 5.16 Å². The quantitative estimate of drug-likeness (QED) is 0.180. The van der Waals surface area contributed by atoms with Gasteiger partial charge in [-0.2, -0.15) is 0 Å². The highest BCUT2D eigenvalue weighted by atomic mass is 32.2. The van der Waals surface area contributed by atoms with Crippen LogP contribution in [0.5, 0.6) is 17.2 Å². The Kier molecular flexibility index (Phi) is 8.07. The summed E-state index contributed by atoms with van der Waals surface area (Å²) in [5.41, 5.74) is 3.92. The molecule has 1 amide bonds. The van der Waals surface area contributed by atoms with Gasteiger partial charge in [0.05, 0.1) is 39.3 Å². The molecule has 0 spiro atoms. The summed E-state index contributed by atoms with van der Waals surface area (Å²) in [5, 5.41) is 3.31. The first kappa shape index (κ1) is 26.9. The maximum Gasteiger partial charge on any atom is 0.278 e. The third-order valence-electron chi connectivity index (χ3n) is 6.35. The van der Waals surface area contributed by atoms with Gasteiger partial charge in [0.25, 0.3) is 5.56 Å². The van der Waals surface area contributed by atoms with E-state index < -0.39 is 0 Å². The SMILES string of the molecule is COc1ccc(Cn2c(SCC(=O)Nc3ccc(OC)cc3OC)nc3c(-c4ccccc4)c[nH]c3c2=O)cc1.